The van der Waals surface area contributed by atoms with Gasteiger partial charge < -0.3 is 15.0 Å². The van der Waals surface area contributed by atoms with E-state index in [9.17, 15) is 14.7 Å². The average molecular weight is 264 g/mol. The number of carboxylic acid groups (broad SMARTS) is 1. The zero-order valence-corrected chi connectivity index (χ0v) is 11.1. The summed E-state index contributed by atoms with van der Waals surface area (Å²) < 4.78 is 1.53. The van der Waals surface area contributed by atoms with Crippen molar-refractivity contribution in [3.8, 4) is 0 Å². The number of carbonyl (C=O) groups is 1. The second kappa shape index (κ2) is 4.85. The third-order valence-corrected chi connectivity index (χ3v) is 2.90. The predicted octanol–water partition coefficient (Wildman–Crippen LogP) is 0.293. The van der Waals surface area contributed by atoms with Gasteiger partial charge in [0, 0.05) is 12.6 Å². The summed E-state index contributed by atoms with van der Waals surface area (Å²) in [6.45, 7) is 2.92. The first kappa shape index (κ1) is 13.3. The molecule has 2 aromatic heterocycles. The van der Waals surface area contributed by atoms with Crippen molar-refractivity contribution in [1.82, 2.24) is 19.7 Å². The van der Waals surface area contributed by atoms with Gasteiger partial charge in [-0.25, -0.2) is 9.48 Å². The minimum Gasteiger partial charge on any atom is -0.476 e. The fourth-order valence-electron chi connectivity index (χ4n) is 1.99. The van der Waals surface area contributed by atoms with Crippen molar-refractivity contribution in [2.45, 2.75) is 13.5 Å². The Kier molecular flexibility index (Phi) is 3.39. The van der Waals surface area contributed by atoms with Gasteiger partial charge in [0.2, 0.25) is 5.56 Å². The van der Waals surface area contributed by atoms with Gasteiger partial charge in [-0.1, -0.05) is 0 Å². The number of nitrogens with zero attached hydrogens (tertiary/aromatic N) is 3. The molecule has 7 heteroatoms. The molecule has 0 aliphatic carbocycles. The van der Waals surface area contributed by atoms with Crippen molar-refractivity contribution in [3.05, 3.63) is 27.7 Å². The van der Waals surface area contributed by atoms with Gasteiger partial charge in [0.15, 0.2) is 5.69 Å². The molecule has 0 saturated heterocycles. The van der Waals surface area contributed by atoms with E-state index in [2.05, 4.69) is 10.1 Å². The summed E-state index contributed by atoms with van der Waals surface area (Å²) in [7, 11) is 3.83. The van der Waals surface area contributed by atoms with Crippen LogP contribution in [0, 0.1) is 6.92 Å². The van der Waals surface area contributed by atoms with Crippen LogP contribution in [0.1, 0.15) is 16.1 Å². The maximum Gasteiger partial charge on any atom is 0.357 e. The van der Waals surface area contributed by atoms with E-state index in [0.29, 0.717) is 29.7 Å². The quantitative estimate of drug-likeness (QED) is 0.828. The fraction of sp³-hybridized carbons (Fsp3) is 0.417. The lowest BCUT2D eigenvalue weighted by molar-refractivity contribution is 0.0691. The van der Waals surface area contributed by atoms with Gasteiger partial charge in [0.1, 0.15) is 5.65 Å². The van der Waals surface area contributed by atoms with Crippen LogP contribution >= 0.6 is 0 Å². The van der Waals surface area contributed by atoms with Gasteiger partial charge in [0.25, 0.3) is 0 Å². The molecule has 2 N–H and O–H groups in total. The SMILES string of the molecule is Cc1cc(=O)[nH]c2c1c(C(=O)O)nn2CCN(C)C. The molecule has 0 aliphatic rings. The highest BCUT2D eigenvalue weighted by molar-refractivity contribution is 6.01. The molecular weight excluding hydrogens is 248 g/mol. The summed E-state index contributed by atoms with van der Waals surface area (Å²) in [6, 6.07) is 1.38. The third-order valence-electron chi connectivity index (χ3n) is 2.90. The smallest absolute Gasteiger partial charge is 0.357 e. The predicted molar refractivity (Wildman–Crippen MR) is 70.6 cm³/mol. The number of carboxylic acids is 1. The van der Waals surface area contributed by atoms with E-state index in [-0.39, 0.29) is 11.3 Å². The maximum absolute atomic E-state index is 11.5. The number of fused-ring (bicyclic) bond motifs is 1. The highest BCUT2D eigenvalue weighted by Gasteiger charge is 2.19. The molecule has 0 bridgehead atoms. The van der Waals surface area contributed by atoms with Gasteiger partial charge >= 0.3 is 5.97 Å². The summed E-state index contributed by atoms with van der Waals surface area (Å²) in [4.78, 5) is 27.4. The van der Waals surface area contributed by atoms with E-state index >= 15 is 0 Å². The topological polar surface area (TPSA) is 91.2 Å². The molecule has 0 aromatic carbocycles. The number of aromatic carboxylic acids is 1. The first-order chi connectivity index (χ1) is 8.90. The lowest BCUT2D eigenvalue weighted by Gasteiger charge is -2.09. The number of aromatic nitrogens is 3. The summed E-state index contributed by atoms with van der Waals surface area (Å²) in [5, 5.41) is 13.8. The molecule has 0 aliphatic heterocycles. The summed E-state index contributed by atoms with van der Waals surface area (Å²) in [5.41, 5.74) is 0.798. The zero-order chi connectivity index (χ0) is 14.2. The molecule has 0 amide bonds. The zero-order valence-electron chi connectivity index (χ0n) is 11.1. The second-order valence-corrected chi connectivity index (χ2v) is 4.72. The molecule has 0 spiro atoms. The van der Waals surface area contributed by atoms with Crippen molar-refractivity contribution in [3.63, 3.8) is 0 Å². The van der Waals surface area contributed by atoms with Crippen LogP contribution in [0.4, 0.5) is 0 Å². The molecule has 19 heavy (non-hydrogen) atoms. The van der Waals surface area contributed by atoms with E-state index in [1.807, 2.05) is 19.0 Å². The Labute approximate surface area is 109 Å². The largest absolute Gasteiger partial charge is 0.476 e. The molecule has 2 rings (SSSR count). The van der Waals surface area contributed by atoms with Crippen LogP contribution in [0.15, 0.2) is 10.9 Å². The maximum atomic E-state index is 11.5. The lowest BCUT2D eigenvalue weighted by atomic mass is 10.1. The monoisotopic (exact) mass is 264 g/mol. The number of H-pyrrole nitrogens is 1. The van der Waals surface area contributed by atoms with Gasteiger partial charge in [-0.3, -0.25) is 4.79 Å². The van der Waals surface area contributed by atoms with Crippen LogP contribution in [0.2, 0.25) is 0 Å². The minimum absolute atomic E-state index is 0.0255. The van der Waals surface area contributed by atoms with Crippen LogP contribution in [0.5, 0.6) is 0 Å². The van der Waals surface area contributed by atoms with Crippen molar-refractivity contribution in [2.75, 3.05) is 20.6 Å². The number of likely N-dealkylation sites (N-methyl/N-ethyl adjacent to an activating group) is 1. The fourth-order valence-corrected chi connectivity index (χ4v) is 1.99. The molecule has 2 aromatic rings. The highest BCUT2D eigenvalue weighted by atomic mass is 16.4. The molecule has 0 fully saturated rings. The second-order valence-electron chi connectivity index (χ2n) is 4.72. The summed E-state index contributed by atoms with van der Waals surface area (Å²) >= 11 is 0. The van der Waals surface area contributed by atoms with Crippen molar-refractivity contribution >= 4 is 17.0 Å². The number of pyridine rings is 1. The van der Waals surface area contributed by atoms with E-state index < -0.39 is 5.97 Å². The standard InChI is InChI=1S/C12H16N4O3/c1-7-6-8(17)13-11-9(7)10(12(18)19)14-16(11)5-4-15(2)3/h6H,4-5H2,1-3H3,(H,13,17)(H,18,19). The molecule has 0 unspecified atom stereocenters. The molecule has 0 atom stereocenters. The number of hydrogen-bond donors (Lipinski definition) is 2. The summed E-state index contributed by atoms with van der Waals surface area (Å²) in [6.07, 6.45) is 0. The molecule has 102 valence electrons. The average Bonchev–Trinajstić information content (AvgIpc) is 2.65. The molecule has 2 heterocycles. The van der Waals surface area contributed by atoms with E-state index in [1.165, 1.54) is 10.7 Å². The van der Waals surface area contributed by atoms with Gasteiger partial charge in [-0.05, 0) is 26.6 Å². The van der Waals surface area contributed by atoms with Crippen molar-refractivity contribution in [1.29, 1.82) is 0 Å². The van der Waals surface area contributed by atoms with Crippen LogP contribution in [-0.2, 0) is 6.54 Å². The van der Waals surface area contributed by atoms with Crippen LogP contribution < -0.4 is 5.56 Å². The van der Waals surface area contributed by atoms with Gasteiger partial charge in [0.05, 0.1) is 11.9 Å². The van der Waals surface area contributed by atoms with Gasteiger partial charge in [-0.2, -0.15) is 5.10 Å². The third kappa shape index (κ3) is 2.50. The van der Waals surface area contributed by atoms with Crippen LogP contribution in [-0.4, -0.2) is 51.4 Å². The highest BCUT2D eigenvalue weighted by Crippen LogP contribution is 2.19. The number of hydrogen-bond acceptors (Lipinski definition) is 4. The number of aryl methyl sites for hydroxylation is 1. The van der Waals surface area contributed by atoms with E-state index in [1.54, 1.807) is 6.92 Å². The Morgan fingerprint density at radius 3 is 2.79 bits per heavy atom. The minimum atomic E-state index is -1.09. The Morgan fingerprint density at radius 1 is 1.53 bits per heavy atom. The molecule has 0 saturated carbocycles. The Balaban J connectivity index is 2.64. The molecule has 0 radical (unpaired) electrons. The molecule has 7 nitrogen and oxygen atoms in total. The normalized spacial score (nSPS) is 11.4. The lowest BCUT2D eigenvalue weighted by Crippen LogP contribution is -2.20. The van der Waals surface area contributed by atoms with Crippen LogP contribution in [0.3, 0.4) is 0 Å². The van der Waals surface area contributed by atoms with Gasteiger partial charge in [-0.15, -0.1) is 0 Å². The Bertz CT molecular complexity index is 684. The van der Waals surface area contributed by atoms with Crippen molar-refractivity contribution < 1.29 is 9.90 Å². The van der Waals surface area contributed by atoms with E-state index in [4.69, 9.17) is 0 Å². The first-order valence-electron chi connectivity index (χ1n) is 5.88. The van der Waals surface area contributed by atoms with Crippen LogP contribution in [0.25, 0.3) is 11.0 Å². The first-order valence-corrected chi connectivity index (χ1v) is 5.88. The number of nitrogens with one attached hydrogen (secondary N) is 1. The number of rotatable bonds is 4. The molecular formula is C12H16N4O3. The van der Waals surface area contributed by atoms with E-state index in [0.717, 1.165) is 0 Å². The Hall–Kier alpha value is -2.15. The summed E-state index contributed by atoms with van der Waals surface area (Å²) in [5.74, 6) is -1.09. The Morgan fingerprint density at radius 2 is 2.21 bits per heavy atom. The van der Waals surface area contributed by atoms with Crippen molar-refractivity contribution in [2.24, 2.45) is 0 Å². The number of aromatic amines is 1.